The van der Waals surface area contributed by atoms with Gasteiger partial charge in [-0.05, 0) is 19.9 Å². The van der Waals surface area contributed by atoms with E-state index in [2.05, 4.69) is 38.2 Å². The highest BCUT2D eigenvalue weighted by Gasteiger charge is 2.26. The van der Waals surface area contributed by atoms with Gasteiger partial charge in [-0.2, -0.15) is 0 Å². The molecule has 4 nitrogen and oxygen atoms in total. The van der Waals surface area contributed by atoms with Crippen molar-refractivity contribution in [1.29, 1.82) is 0 Å². The van der Waals surface area contributed by atoms with Gasteiger partial charge in [0.15, 0.2) is 0 Å². The first kappa shape index (κ1) is 12.0. The highest BCUT2D eigenvalue weighted by Crippen LogP contribution is 2.28. The first-order chi connectivity index (χ1) is 7.66. The fourth-order valence-corrected chi connectivity index (χ4v) is 3.39. The Morgan fingerprint density at radius 1 is 1.50 bits per heavy atom. The summed E-state index contributed by atoms with van der Waals surface area (Å²) in [7, 11) is 4.09. The second-order valence-corrected chi connectivity index (χ2v) is 5.84. The first-order valence-corrected chi connectivity index (χ1v) is 6.78. The van der Waals surface area contributed by atoms with E-state index in [-0.39, 0.29) is 0 Å². The van der Waals surface area contributed by atoms with Crippen LogP contribution in [0.3, 0.4) is 0 Å². The van der Waals surface area contributed by atoms with Gasteiger partial charge >= 0.3 is 0 Å². The zero-order valence-electron chi connectivity index (χ0n) is 9.93. The normalized spacial score (nSPS) is 26.2. The maximum atomic E-state index is 4.13. The molecule has 1 aromatic rings. The molecule has 90 valence electrons. The highest BCUT2D eigenvalue weighted by molar-refractivity contribution is 9.09. The van der Waals surface area contributed by atoms with E-state index in [0.29, 0.717) is 10.9 Å². The molecule has 2 atom stereocenters. The predicted octanol–water partition coefficient (Wildman–Crippen LogP) is 1.95. The topological polar surface area (TPSA) is 34.0 Å². The van der Waals surface area contributed by atoms with E-state index in [1.807, 2.05) is 13.2 Å². The van der Waals surface area contributed by atoms with Crippen molar-refractivity contribution >= 4 is 15.9 Å². The average Bonchev–Trinajstić information content (AvgIpc) is 2.64. The molecule has 0 saturated heterocycles. The van der Waals surface area contributed by atoms with Crippen molar-refractivity contribution < 1.29 is 0 Å². The van der Waals surface area contributed by atoms with Crippen LogP contribution in [0.1, 0.15) is 31.4 Å². The molecular formula is C11H19BrN4. The number of rotatable bonds is 3. The van der Waals surface area contributed by atoms with E-state index >= 15 is 0 Å². The van der Waals surface area contributed by atoms with Crippen molar-refractivity contribution in [2.24, 2.45) is 7.05 Å². The summed E-state index contributed by atoms with van der Waals surface area (Å²) in [6, 6.07) is 0.635. The lowest BCUT2D eigenvalue weighted by molar-refractivity contribution is 0.191. The molecule has 5 heteroatoms. The van der Waals surface area contributed by atoms with Gasteiger partial charge in [-0.3, -0.25) is 9.58 Å². The van der Waals surface area contributed by atoms with E-state index < -0.39 is 0 Å². The number of aromatic nitrogens is 3. The summed E-state index contributed by atoms with van der Waals surface area (Å²) in [6.07, 6.45) is 7.26. The Balaban J connectivity index is 1.93. The van der Waals surface area contributed by atoms with Crippen molar-refractivity contribution in [2.75, 3.05) is 7.05 Å². The van der Waals surface area contributed by atoms with E-state index in [1.165, 1.54) is 25.7 Å². The maximum Gasteiger partial charge on any atom is 0.0967 e. The summed E-state index contributed by atoms with van der Waals surface area (Å²) in [5.74, 6) is 0. The van der Waals surface area contributed by atoms with Crippen LogP contribution in [0.15, 0.2) is 6.20 Å². The highest BCUT2D eigenvalue weighted by atomic mass is 79.9. The Bertz CT molecular complexity index is 338. The number of hydrogen-bond acceptors (Lipinski definition) is 3. The molecule has 16 heavy (non-hydrogen) atoms. The summed E-state index contributed by atoms with van der Waals surface area (Å²) in [6.45, 7) is 0.889. The lowest BCUT2D eigenvalue weighted by Crippen LogP contribution is -2.40. The number of nitrogens with zero attached hydrogens (tertiary/aromatic N) is 4. The lowest BCUT2D eigenvalue weighted by atomic mass is 9.94. The van der Waals surface area contributed by atoms with Crippen molar-refractivity contribution in [3.8, 4) is 0 Å². The van der Waals surface area contributed by atoms with Gasteiger partial charge in [0.2, 0.25) is 0 Å². The Morgan fingerprint density at radius 2 is 2.25 bits per heavy atom. The molecule has 1 heterocycles. The first-order valence-electron chi connectivity index (χ1n) is 5.86. The van der Waals surface area contributed by atoms with Gasteiger partial charge in [0.1, 0.15) is 0 Å². The molecule has 1 fully saturated rings. The fourth-order valence-electron chi connectivity index (χ4n) is 2.40. The largest absolute Gasteiger partial charge is 0.296 e. The van der Waals surface area contributed by atoms with Crippen LogP contribution in [0.4, 0.5) is 0 Å². The number of hydrogen-bond donors (Lipinski definition) is 0. The molecule has 1 aromatic heterocycles. The van der Waals surface area contributed by atoms with Gasteiger partial charge in [-0.1, -0.05) is 34.0 Å². The molecule has 0 bridgehead atoms. The van der Waals surface area contributed by atoms with E-state index in [1.54, 1.807) is 4.68 Å². The standard InChI is InChI=1S/C11H19BrN4/c1-15(7-9-8-16(2)14-13-9)11-6-4-3-5-10(11)12/h8,10-11H,3-7H2,1-2H3. The maximum absolute atomic E-state index is 4.13. The Morgan fingerprint density at radius 3 is 2.88 bits per heavy atom. The molecule has 0 amide bonds. The minimum atomic E-state index is 0.628. The molecule has 0 spiro atoms. The number of halogens is 1. The van der Waals surface area contributed by atoms with E-state index in [0.717, 1.165) is 12.2 Å². The van der Waals surface area contributed by atoms with E-state index in [9.17, 15) is 0 Å². The summed E-state index contributed by atoms with van der Waals surface area (Å²) in [5.41, 5.74) is 1.05. The molecule has 1 aliphatic rings. The Labute approximate surface area is 105 Å². The van der Waals surface area contributed by atoms with Crippen LogP contribution in [0.2, 0.25) is 0 Å². The third-order valence-electron chi connectivity index (χ3n) is 3.27. The van der Waals surface area contributed by atoms with Crippen LogP contribution >= 0.6 is 15.9 Å². The monoisotopic (exact) mass is 286 g/mol. The molecule has 2 unspecified atom stereocenters. The van der Waals surface area contributed by atoms with Crippen LogP contribution in [-0.4, -0.2) is 37.8 Å². The summed E-state index contributed by atoms with van der Waals surface area (Å²) >= 11 is 3.79. The van der Waals surface area contributed by atoms with Crippen LogP contribution in [-0.2, 0) is 13.6 Å². The third kappa shape index (κ3) is 2.83. The average molecular weight is 287 g/mol. The zero-order chi connectivity index (χ0) is 11.5. The van der Waals surface area contributed by atoms with Crippen LogP contribution in [0.5, 0.6) is 0 Å². The van der Waals surface area contributed by atoms with Crippen molar-refractivity contribution in [3.05, 3.63) is 11.9 Å². The van der Waals surface area contributed by atoms with Crippen molar-refractivity contribution in [1.82, 2.24) is 19.9 Å². The minimum Gasteiger partial charge on any atom is -0.296 e. The van der Waals surface area contributed by atoms with Gasteiger partial charge in [0, 0.05) is 30.7 Å². The quantitative estimate of drug-likeness (QED) is 0.797. The van der Waals surface area contributed by atoms with Gasteiger partial charge in [0.25, 0.3) is 0 Å². The SMILES string of the molecule is CN(Cc1cn(C)nn1)C1CCCCC1Br. The lowest BCUT2D eigenvalue weighted by Gasteiger charge is -2.34. The molecule has 2 rings (SSSR count). The molecule has 0 aliphatic heterocycles. The van der Waals surface area contributed by atoms with Gasteiger partial charge in [-0.15, -0.1) is 5.10 Å². The predicted molar refractivity (Wildman–Crippen MR) is 67.4 cm³/mol. The van der Waals surface area contributed by atoms with Crippen LogP contribution in [0.25, 0.3) is 0 Å². The van der Waals surface area contributed by atoms with Gasteiger partial charge in [-0.25, -0.2) is 0 Å². The zero-order valence-corrected chi connectivity index (χ0v) is 11.5. The van der Waals surface area contributed by atoms with Gasteiger partial charge < -0.3 is 0 Å². The molecular weight excluding hydrogens is 268 g/mol. The molecule has 0 radical (unpaired) electrons. The van der Waals surface area contributed by atoms with Crippen molar-refractivity contribution in [2.45, 2.75) is 43.1 Å². The summed E-state index contributed by atoms with van der Waals surface area (Å²) in [4.78, 5) is 3.02. The third-order valence-corrected chi connectivity index (χ3v) is 4.34. The Hall–Kier alpha value is -0.420. The van der Waals surface area contributed by atoms with Crippen LogP contribution in [0, 0.1) is 0 Å². The smallest absolute Gasteiger partial charge is 0.0967 e. The fraction of sp³-hybridized carbons (Fsp3) is 0.818. The molecule has 0 aromatic carbocycles. The Kier molecular flexibility index (Phi) is 3.97. The second kappa shape index (κ2) is 5.27. The summed E-state index contributed by atoms with van der Waals surface area (Å²) < 4.78 is 1.76. The van der Waals surface area contributed by atoms with Crippen molar-refractivity contribution in [3.63, 3.8) is 0 Å². The second-order valence-electron chi connectivity index (χ2n) is 4.67. The molecule has 1 aliphatic carbocycles. The number of alkyl halides is 1. The minimum absolute atomic E-state index is 0.628. The number of aryl methyl sites for hydroxylation is 1. The molecule has 1 saturated carbocycles. The molecule has 0 N–H and O–H groups in total. The van der Waals surface area contributed by atoms with Crippen LogP contribution < -0.4 is 0 Å². The van der Waals surface area contributed by atoms with Gasteiger partial charge in [0.05, 0.1) is 5.69 Å². The summed E-state index contributed by atoms with van der Waals surface area (Å²) in [5, 5.41) is 8.09. The van der Waals surface area contributed by atoms with E-state index in [4.69, 9.17) is 0 Å².